The van der Waals surface area contributed by atoms with Gasteiger partial charge in [-0.1, -0.05) is 30.3 Å². The molecule has 96 valence electrons. The highest BCUT2D eigenvalue weighted by Gasteiger charge is 2.28. The first kappa shape index (κ1) is 14.5. The van der Waals surface area contributed by atoms with Gasteiger partial charge in [-0.2, -0.15) is 0 Å². The van der Waals surface area contributed by atoms with Crippen LogP contribution in [0.25, 0.3) is 0 Å². The summed E-state index contributed by atoms with van der Waals surface area (Å²) in [6.07, 6.45) is 2.74. The summed E-state index contributed by atoms with van der Waals surface area (Å²) in [5.41, 5.74) is 1.45. The Hall–Kier alpha value is -0.570. The van der Waals surface area contributed by atoms with Crippen LogP contribution >= 0.6 is 0 Å². The lowest BCUT2D eigenvalue weighted by Crippen LogP contribution is -3.00. The number of hydrogen-bond acceptors (Lipinski definition) is 1. The molecule has 0 radical (unpaired) electrons. The van der Waals surface area contributed by atoms with E-state index < -0.39 is 0 Å². The number of likely N-dealkylation sites (N-methyl/N-ethyl adjacent to an activating group) is 1. The van der Waals surface area contributed by atoms with Crippen LogP contribution in [0.1, 0.15) is 31.4 Å². The summed E-state index contributed by atoms with van der Waals surface area (Å²) in [5.74, 6) is 0. The third-order valence-corrected chi connectivity index (χ3v) is 3.78. The molecule has 1 fully saturated rings. The highest BCUT2D eigenvalue weighted by atomic mass is 35.5. The summed E-state index contributed by atoms with van der Waals surface area (Å²) in [4.78, 5) is 2.62. The second kappa shape index (κ2) is 7.00. The van der Waals surface area contributed by atoms with Crippen molar-refractivity contribution in [3.8, 4) is 0 Å². The van der Waals surface area contributed by atoms with E-state index in [9.17, 15) is 0 Å². The number of benzene rings is 1. The quantitative estimate of drug-likeness (QED) is 0.687. The van der Waals surface area contributed by atoms with Crippen LogP contribution in [0.2, 0.25) is 0 Å². The molecule has 1 heterocycles. The molecule has 0 amide bonds. The highest BCUT2D eigenvalue weighted by Crippen LogP contribution is 2.20. The molecule has 2 nitrogen and oxygen atoms in total. The molecule has 0 bridgehead atoms. The second-order valence-electron chi connectivity index (χ2n) is 4.75. The maximum absolute atomic E-state index is 2.62. The molecule has 1 saturated heterocycles. The van der Waals surface area contributed by atoms with Crippen LogP contribution in [0.3, 0.4) is 0 Å². The van der Waals surface area contributed by atoms with E-state index in [1.165, 1.54) is 31.5 Å². The monoisotopic (exact) mass is 254 g/mol. The summed E-state index contributed by atoms with van der Waals surface area (Å²) in [6.45, 7) is 4.92. The van der Waals surface area contributed by atoms with Crippen molar-refractivity contribution >= 4 is 0 Å². The predicted octanol–water partition coefficient (Wildman–Crippen LogP) is -1.59. The maximum Gasteiger partial charge on any atom is 0.127 e. The van der Waals surface area contributed by atoms with Crippen molar-refractivity contribution in [2.45, 2.75) is 31.8 Å². The topological polar surface area (TPSA) is 19.9 Å². The van der Waals surface area contributed by atoms with Gasteiger partial charge in [0.25, 0.3) is 0 Å². The smallest absolute Gasteiger partial charge is 0.127 e. The molecule has 0 unspecified atom stereocenters. The number of rotatable bonds is 4. The van der Waals surface area contributed by atoms with Gasteiger partial charge in [0.15, 0.2) is 0 Å². The number of nitrogens with two attached hydrogens (primary N) is 1. The molecule has 0 aliphatic carbocycles. The fraction of sp³-hybridized carbons (Fsp3) is 0.571. The summed E-state index contributed by atoms with van der Waals surface area (Å²) in [6, 6.07) is 12.1. The third-order valence-electron chi connectivity index (χ3n) is 3.78. The Bertz CT molecular complexity index is 309. The highest BCUT2D eigenvalue weighted by molar-refractivity contribution is 5.18. The summed E-state index contributed by atoms with van der Waals surface area (Å²) >= 11 is 0. The Balaban J connectivity index is 0.00000144. The lowest BCUT2D eigenvalue weighted by atomic mass is 10.00. The van der Waals surface area contributed by atoms with E-state index in [1.807, 2.05) is 0 Å². The van der Waals surface area contributed by atoms with E-state index in [-0.39, 0.29) is 12.4 Å². The minimum atomic E-state index is 0. The van der Waals surface area contributed by atoms with Gasteiger partial charge in [0, 0.05) is 5.56 Å². The van der Waals surface area contributed by atoms with Crippen molar-refractivity contribution in [3.63, 3.8) is 0 Å². The van der Waals surface area contributed by atoms with E-state index in [4.69, 9.17) is 0 Å². The zero-order chi connectivity index (χ0) is 11.4. The first-order chi connectivity index (χ1) is 7.83. The van der Waals surface area contributed by atoms with Crippen molar-refractivity contribution in [2.75, 3.05) is 20.1 Å². The molecule has 2 rings (SSSR count). The Kier molecular flexibility index (Phi) is 5.96. The van der Waals surface area contributed by atoms with E-state index >= 15 is 0 Å². The molecule has 0 spiro atoms. The largest absolute Gasteiger partial charge is 1.00 e. The SMILES string of the molecule is C[NH2+][C@H](c1ccccc1)[C@H](C)N1CCCC1.[Cl-]. The molecule has 0 aromatic heterocycles. The normalized spacial score (nSPS) is 19.6. The number of quaternary nitrogens is 1. The van der Waals surface area contributed by atoms with Crippen LogP contribution in [-0.2, 0) is 0 Å². The first-order valence-electron chi connectivity index (χ1n) is 6.41. The first-order valence-corrected chi connectivity index (χ1v) is 6.41. The van der Waals surface area contributed by atoms with E-state index in [1.54, 1.807) is 0 Å². The van der Waals surface area contributed by atoms with E-state index in [0.29, 0.717) is 12.1 Å². The van der Waals surface area contributed by atoms with Crippen LogP contribution in [0.4, 0.5) is 0 Å². The van der Waals surface area contributed by atoms with Crippen molar-refractivity contribution in [3.05, 3.63) is 35.9 Å². The number of halogens is 1. The van der Waals surface area contributed by atoms with Gasteiger partial charge in [-0.25, -0.2) is 0 Å². The van der Waals surface area contributed by atoms with E-state index in [0.717, 1.165) is 0 Å². The van der Waals surface area contributed by atoms with Gasteiger partial charge in [0.05, 0.1) is 13.1 Å². The number of hydrogen-bond donors (Lipinski definition) is 1. The van der Waals surface area contributed by atoms with E-state index in [2.05, 4.69) is 54.5 Å². The molecule has 1 aromatic carbocycles. The van der Waals surface area contributed by atoms with Crippen molar-refractivity contribution in [1.29, 1.82) is 0 Å². The third kappa shape index (κ3) is 3.44. The van der Waals surface area contributed by atoms with Crippen molar-refractivity contribution in [1.82, 2.24) is 4.90 Å². The summed E-state index contributed by atoms with van der Waals surface area (Å²) in [7, 11) is 2.18. The van der Waals surface area contributed by atoms with Gasteiger partial charge >= 0.3 is 0 Å². The Morgan fingerprint density at radius 1 is 1.12 bits per heavy atom. The van der Waals surface area contributed by atoms with Gasteiger partial charge in [-0.3, -0.25) is 4.90 Å². The van der Waals surface area contributed by atoms with Gasteiger partial charge in [-0.15, -0.1) is 0 Å². The molecule has 1 aromatic rings. The van der Waals surface area contributed by atoms with Crippen molar-refractivity contribution < 1.29 is 17.7 Å². The summed E-state index contributed by atoms with van der Waals surface area (Å²) in [5, 5.41) is 2.35. The molecular formula is C14H23ClN2. The van der Waals surface area contributed by atoms with Gasteiger partial charge in [0.2, 0.25) is 0 Å². The molecular weight excluding hydrogens is 232 g/mol. The number of likely N-dealkylation sites (tertiary alicyclic amines) is 1. The van der Waals surface area contributed by atoms with Gasteiger partial charge in [-0.05, 0) is 32.9 Å². The minimum absolute atomic E-state index is 0. The van der Waals surface area contributed by atoms with Crippen LogP contribution in [0, 0.1) is 0 Å². The average Bonchev–Trinajstić information content (AvgIpc) is 2.85. The molecule has 17 heavy (non-hydrogen) atoms. The minimum Gasteiger partial charge on any atom is -1.00 e. The number of nitrogens with zero attached hydrogens (tertiary/aromatic N) is 1. The maximum atomic E-state index is 2.62. The van der Waals surface area contributed by atoms with Crippen LogP contribution in [-0.4, -0.2) is 31.1 Å². The molecule has 0 saturated carbocycles. The molecule has 2 N–H and O–H groups in total. The Morgan fingerprint density at radius 2 is 1.71 bits per heavy atom. The molecule has 1 aliphatic heterocycles. The molecule has 1 aliphatic rings. The van der Waals surface area contributed by atoms with Crippen LogP contribution in [0.5, 0.6) is 0 Å². The predicted molar refractivity (Wildman–Crippen MR) is 67.3 cm³/mol. The van der Waals surface area contributed by atoms with Crippen molar-refractivity contribution in [2.24, 2.45) is 0 Å². The van der Waals surface area contributed by atoms with Crippen LogP contribution in [0.15, 0.2) is 30.3 Å². The average molecular weight is 255 g/mol. The lowest BCUT2D eigenvalue weighted by Gasteiger charge is -2.29. The Labute approximate surface area is 111 Å². The zero-order valence-corrected chi connectivity index (χ0v) is 11.5. The van der Waals surface area contributed by atoms with Crippen LogP contribution < -0.4 is 17.7 Å². The fourth-order valence-corrected chi connectivity index (χ4v) is 2.80. The fourth-order valence-electron chi connectivity index (χ4n) is 2.80. The van der Waals surface area contributed by atoms with Gasteiger partial charge in [0.1, 0.15) is 6.04 Å². The summed E-state index contributed by atoms with van der Waals surface area (Å²) < 4.78 is 0. The standard InChI is InChI=1S/C14H22N2.ClH/c1-12(16-10-6-7-11-16)14(15-2)13-8-4-3-5-9-13;/h3-5,8-9,12,14-15H,6-7,10-11H2,1-2H3;1H/t12-,14-;/m0./s1. The molecule has 2 atom stereocenters. The zero-order valence-electron chi connectivity index (χ0n) is 10.8. The molecule has 3 heteroatoms. The lowest BCUT2D eigenvalue weighted by molar-refractivity contribution is -0.675. The Morgan fingerprint density at radius 3 is 2.24 bits per heavy atom. The van der Waals surface area contributed by atoms with Gasteiger partial charge < -0.3 is 17.7 Å². The second-order valence-corrected chi connectivity index (χ2v) is 4.75.